The highest BCUT2D eigenvalue weighted by Crippen LogP contribution is 2.08. The van der Waals surface area contributed by atoms with Crippen molar-refractivity contribution < 1.29 is 67.7 Å². The highest BCUT2D eigenvalue weighted by molar-refractivity contribution is 5.45. The van der Waals surface area contributed by atoms with Crippen molar-refractivity contribution >= 4 is 0 Å². The third-order valence-electron chi connectivity index (χ3n) is 2.38. The van der Waals surface area contributed by atoms with Crippen molar-refractivity contribution in [2.45, 2.75) is 0 Å². The molecule has 3 aromatic heterocycles. The van der Waals surface area contributed by atoms with Gasteiger partial charge >= 0.3 is 0 Å². The van der Waals surface area contributed by atoms with E-state index in [1.54, 1.807) is 12.4 Å². The third-order valence-corrected chi connectivity index (χ3v) is 2.38. The van der Waals surface area contributed by atoms with Gasteiger partial charge in [0.2, 0.25) is 0 Å². The molecule has 0 saturated carbocycles. The molecule has 150 valence electrons. The lowest BCUT2D eigenvalue weighted by Crippen LogP contribution is -2.68. The second-order valence-corrected chi connectivity index (χ2v) is 5.87. The van der Waals surface area contributed by atoms with Crippen molar-refractivity contribution in [2.24, 2.45) is 0 Å². The second kappa shape index (κ2) is 10.7. The van der Waals surface area contributed by atoms with E-state index in [0.29, 0.717) is 11.6 Å². The van der Waals surface area contributed by atoms with E-state index in [1.165, 1.54) is 0 Å². The maximum absolute atomic E-state index is 8.49. The van der Waals surface area contributed by atoms with Gasteiger partial charge in [-0.25, -0.2) is 47.2 Å². The van der Waals surface area contributed by atoms with Gasteiger partial charge in [0.05, 0.1) is 0 Å². The highest BCUT2D eigenvalue weighted by atomic mass is 35.7. The van der Waals surface area contributed by atoms with Gasteiger partial charge < -0.3 is 0 Å². The zero-order valence-electron chi connectivity index (χ0n) is 13.4. The van der Waals surface area contributed by atoms with Crippen LogP contribution in [0.4, 0.5) is 0 Å². The molecule has 0 saturated heterocycles. The fraction of sp³-hybridized carbons (Fsp3) is 0. The van der Waals surface area contributed by atoms with E-state index in [-0.39, 0.29) is 0 Å². The van der Waals surface area contributed by atoms with Crippen LogP contribution in [0.1, 0.15) is 0 Å². The molecule has 0 aliphatic carbocycles. The van der Waals surface area contributed by atoms with E-state index in [0.717, 1.165) is 11.4 Å². The number of aromatic amines is 2. The normalized spacial score (nSPS) is 10.9. The summed E-state index contributed by atoms with van der Waals surface area (Å²) in [5, 5.41) is 16.2. The number of pyridine rings is 2. The molecular formula is C12H10Cl2N6O8. The van der Waals surface area contributed by atoms with Crippen LogP contribution < -0.4 is 47.2 Å². The number of halogens is 2. The number of aromatic nitrogens is 6. The summed E-state index contributed by atoms with van der Waals surface area (Å²) in [5.74, 6) is 0.936. The summed E-state index contributed by atoms with van der Waals surface area (Å²) < 4.78 is 67.9. The summed E-state index contributed by atoms with van der Waals surface area (Å²) in [6.07, 6.45) is 3.61. The number of H-pyrrole nitrogens is 2. The molecule has 3 aromatic rings. The van der Waals surface area contributed by atoms with Gasteiger partial charge in [0.1, 0.15) is 0 Å². The Bertz CT molecular complexity index is 735. The minimum absolute atomic E-state index is 0.468. The van der Waals surface area contributed by atoms with Crippen molar-refractivity contribution in [1.29, 1.82) is 0 Å². The first kappa shape index (κ1) is 23.5. The molecular weight excluding hydrogens is 427 g/mol. The molecule has 0 atom stereocenters. The molecule has 0 spiro atoms. The lowest BCUT2D eigenvalue weighted by Gasteiger charge is -2.17. The molecule has 0 fully saturated rings. The van der Waals surface area contributed by atoms with Gasteiger partial charge in [-0.05, 0) is 12.1 Å². The quantitative estimate of drug-likeness (QED) is 0.361. The Labute approximate surface area is 160 Å². The topological polar surface area (TPSA) is 264 Å². The molecule has 0 radical (unpaired) electrons. The van der Waals surface area contributed by atoms with Crippen LogP contribution in [-0.4, -0.2) is 20.4 Å². The molecule has 3 rings (SSSR count). The van der Waals surface area contributed by atoms with Crippen LogP contribution in [-0.2, 0) is 0 Å². The monoisotopic (exact) mass is 436 g/mol. The van der Waals surface area contributed by atoms with Gasteiger partial charge in [-0.1, -0.05) is 0 Å². The SMILES string of the molecule is [O-][Cl+3]([O-])([O-])[O-].[O-][Cl+3]([O-])([O-])[O-].c1ccc(-c2nnc(-c3cccc[nH+]3)nn2)[nH+]c1. The number of hydrogen-bond acceptors (Lipinski definition) is 12. The number of rotatable bonds is 2. The van der Waals surface area contributed by atoms with E-state index in [9.17, 15) is 0 Å². The Balaban J connectivity index is 0.000000329. The van der Waals surface area contributed by atoms with Crippen LogP contribution in [0.15, 0.2) is 48.8 Å². The summed E-state index contributed by atoms with van der Waals surface area (Å²) >= 11 is 0. The standard InChI is InChI=1S/C12H8N6.2ClHO4/c1-3-7-13-9(5-1)11-15-17-12(18-16-11)10-6-2-4-8-14-10;2*2-1(3,4)5/h1-8H;2*(H,2,3,4,5). The van der Waals surface area contributed by atoms with Crippen molar-refractivity contribution in [3.63, 3.8) is 0 Å². The molecule has 28 heavy (non-hydrogen) atoms. The lowest BCUT2D eigenvalue weighted by molar-refractivity contribution is -2.00. The lowest BCUT2D eigenvalue weighted by atomic mass is 10.3. The predicted molar refractivity (Wildman–Crippen MR) is 61.6 cm³/mol. The number of nitrogens with zero attached hydrogens (tertiary/aromatic N) is 4. The molecule has 0 aromatic carbocycles. The van der Waals surface area contributed by atoms with Gasteiger partial charge in [-0.15, -0.1) is 40.9 Å². The summed E-state index contributed by atoms with van der Waals surface area (Å²) in [6.45, 7) is 0. The number of nitrogens with one attached hydrogen (secondary N) is 2. The van der Waals surface area contributed by atoms with Crippen molar-refractivity contribution in [3.8, 4) is 23.0 Å². The minimum Gasteiger partial charge on any atom is -0.222 e. The smallest absolute Gasteiger partial charge is 0.222 e. The first-order valence-electron chi connectivity index (χ1n) is 6.68. The Kier molecular flexibility index (Phi) is 9.03. The Morgan fingerprint density at radius 2 is 0.821 bits per heavy atom. The van der Waals surface area contributed by atoms with E-state index in [2.05, 4.69) is 30.4 Å². The van der Waals surface area contributed by atoms with Crippen molar-refractivity contribution in [3.05, 3.63) is 48.8 Å². The fourth-order valence-corrected chi connectivity index (χ4v) is 1.51. The third kappa shape index (κ3) is 12.0. The zero-order valence-corrected chi connectivity index (χ0v) is 14.9. The van der Waals surface area contributed by atoms with E-state index < -0.39 is 20.5 Å². The molecule has 0 bridgehead atoms. The van der Waals surface area contributed by atoms with Crippen LogP contribution in [0.3, 0.4) is 0 Å². The molecule has 0 unspecified atom stereocenters. The van der Waals surface area contributed by atoms with E-state index in [4.69, 9.17) is 37.3 Å². The van der Waals surface area contributed by atoms with E-state index >= 15 is 0 Å². The zero-order chi connectivity index (χ0) is 21.2. The van der Waals surface area contributed by atoms with Gasteiger partial charge in [-0.3, -0.25) is 0 Å². The number of hydrogen-bond donors (Lipinski definition) is 0. The molecule has 3 heterocycles. The highest BCUT2D eigenvalue weighted by Gasteiger charge is 2.13. The summed E-state index contributed by atoms with van der Waals surface area (Å²) in [4.78, 5) is 6.06. The molecule has 16 heteroatoms. The first-order valence-corrected chi connectivity index (χ1v) is 9.15. The molecule has 0 aliphatic heterocycles. The maximum Gasteiger partial charge on any atom is 0.267 e. The maximum atomic E-state index is 8.49. The van der Waals surface area contributed by atoms with Crippen LogP contribution in [0.25, 0.3) is 23.0 Å². The minimum atomic E-state index is -4.94. The molecule has 0 amide bonds. The van der Waals surface area contributed by atoms with Gasteiger partial charge in [-0.2, -0.15) is 0 Å². The average Bonchev–Trinajstić information content (AvgIpc) is 2.61. The predicted octanol–water partition coefficient (Wildman–Crippen LogP) is -9.28. The van der Waals surface area contributed by atoms with Crippen LogP contribution in [0.2, 0.25) is 0 Å². The Morgan fingerprint density at radius 1 is 0.536 bits per heavy atom. The summed E-state index contributed by atoms with van der Waals surface area (Å²) in [5.41, 5.74) is 1.56. The largest absolute Gasteiger partial charge is 0.267 e. The Hall–Kier alpha value is -2.50. The fourth-order valence-electron chi connectivity index (χ4n) is 1.51. The van der Waals surface area contributed by atoms with Gasteiger partial charge in [0, 0.05) is 24.3 Å². The van der Waals surface area contributed by atoms with Crippen LogP contribution in [0.5, 0.6) is 0 Å². The van der Waals surface area contributed by atoms with Gasteiger partial charge in [0.15, 0.2) is 12.4 Å². The van der Waals surface area contributed by atoms with Crippen LogP contribution >= 0.6 is 0 Å². The summed E-state index contributed by atoms with van der Waals surface area (Å²) in [6, 6.07) is 11.3. The van der Waals surface area contributed by atoms with Crippen molar-refractivity contribution in [1.82, 2.24) is 20.4 Å². The summed E-state index contributed by atoms with van der Waals surface area (Å²) in [7, 11) is -9.89. The van der Waals surface area contributed by atoms with Crippen molar-refractivity contribution in [2.75, 3.05) is 0 Å². The average molecular weight is 437 g/mol. The Morgan fingerprint density at radius 3 is 1.04 bits per heavy atom. The van der Waals surface area contributed by atoms with Gasteiger partial charge in [0.25, 0.3) is 23.0 Å². The second-order valence-electron chi connectivity index (χ2n) is 4.36. The van der Waals surface area contributed by atoms with E-state index in [1.807, 2.05) is 36.4 Å². The first-order chi connectivity index (χ1) is 12.9. The molecule has 0 aliphatic rings. The molecule has 14 nitrogen and oxygen atoms in total. The molecule has 2 N–H and O–H groups in total. The van der Waals surface area contributed by atoms with Crippen LogP contribution in [0, 0.1) is 20.5 Å².